The van der Waals surface area contributed by atoms with Crippen molar-refractivity contribution in [2.24, 2.45) is 10.8 Å². The largest absolute Gasteiger partial charge is 0.469 e. The van der Waals surface area contributed by atoms with Crippen molar-refractivity contribution in [2.75, 3.05) is 13.7 Å². The minimum Gasteiger partial charge on any atom is -0.469 e. The highest BCUT2D eigenvalue weighted by molar-refractivity contribution is 5.83. The predicted octanol–water partition coefficient (Wildman–Crippen LogP) is 3.87. The van der Waals surface area contributed by atoms with Crippen molar-refractivity contribution in [3.05, 3.63) is 35.4 Å². The molecule has 6 heteroatoms. The van der Waals surface area contributed by atoms with E-state index < -0.39 is 5.41 Å². The van der Waals surface area contributed by atoms with Crippen molar-refractivity contribution < 1.29 is 28.7 Å². The van der Waals surface area contributed by atoms with Crippen LogP contribution < -0.4 is 0 Å². The lowest BCUT2D eigenvalue weighted by atomic mass is 9.86. The number of carbonyl (C=O) groups is 4. The average molecular weight is 419 g/mol. The Morgan fingerprint density at radius 3 is 1.77 bits per heavy atom. The summed E-state index contributed by atoms with van der Waals surface area (Å²) in [7, 11) is 1.35. The summed E-state index contributed by atoms with van der Waals surface area (Å²) >= 11 is 0. The van der Waals surface area contributed by atoms with Gasteiger partial charge >= 0.3 is 5.97 Å². The highest BCUT2D eigenvalue weighted by atomic mass is 16.5. The molecule has 0 fully saturated rings. The first kappa shape index (κ1) is 25.5. The van der Waals surface area contributed by atoms with E-state index in [1.54, 1.807) is 13.8 Å². The summed E-state index contributed by atoms with van der Waals surface area (Å²) in [4.78, 5) is 46.5. The normalized spacial score (nSPS) is 11.6. The zero-order chi connectivity index (χ0) is 22.8. The van der Waals surface area contributed by atoms with Crippen LogP contribution in [0.5, 0.6) is 0 Å². The van der Waals surface area contributed by atoms with E-state index in [0.29, 0.717) is 51.6 Å². The van der Waals surface area contributed by atoms with Crippen LogP contribution in [0.2, 0.25) is 0 Å². The van der Waals surface area contributed by atoms with Crippen molar-refractivity contribution in [3.8, 4) is 0 Å². The van der Waals surface area contributed by atoms with E-state index in [2.05, 4.69) is 0 Å². The number of hydrogen-bond donors (Lipinski definition) is 0. The fourth-order valence-electron chi connectivity index (χ4n) is 3.05. The minimum atomic E-state index is -0.678. The van der Waals surface area contributed by atoms with Gasteiger partial charge in [0.15, 0.2) is 0 Å². The maximum absolute atomic E-state index is 12.3. The second kappa shape index (κ2) is 11.6. The first-order chi connectivity index (χ1) is 14.0. The topological polar surface area (TPSA) is 86.7 Å². The number of Topliss-reactive ketones (excluding diaryl/α,β-unsaturated/α-hetero) is 2. The van der Waals surface area contributed by atoms with Crippen molar-refractivity contribution in [1.29, 1.82) is 0 Å². The standard InChI is InChI=1S/C24H34O6/c1-23(2,16-30-17-25)12-10-20(26)14-18-6-8-19(9-7-18)15-21(27)11-13-24(3,4)22(28)29-5/h6-9,17H,10-16H2,1-5H3. The van der Waals surface area contributed by atoms with Gasteiger partial charge in [0.05, 0.1) is 19.1 Å². The van der Waals surface area contributed by atoms with E-state index >= 15 is 0 Å². The second-order valence-electron chi connectivity index (χ2n) is 9.19. The fourth-order valence-corrected chi connectivity index (χ4v) is 3.05. The fraction of sp³-hybridized carbons (Fsp3) is 0.583. The summed E-state index contributed by atoms with van der Waals surface area (Å²) in [5.41, 5.74) is 0.885. The molecule has 0 spiro atoms. The predicted molar refractivity (Wildman–Crippen MR) is 114 cm³/mol. The molecule has 0 aliphatic carbocycles. The zero-order valence-corrected chi connectivity index (χ0v) is 18.8. The quantitative estimate of drug-likeness (QED) is 0.337. The van der Waals surface area contributed by atoms with Crippen LogP contribution in [-0.4, -0.2) is 37.7 Å². The number of esters is 1. The van der Waals surface area contributed by atoms with Gasteiger partial charge in [-0.3, -0.25) is 19.2 Å². The highest BCUT2D eigenvalue weighted by Gasteiger charge is 2.29. The number of benzene rings is 1. The highest BCUT2D eigenvalue weighted by Crippen LogP contribution is 2.25. The number of ether oxygens (including phenoxy) is 2. The maximum Gasteiger partial charge on any atom is 0.311 e. The van der Waals surface area contributed by atoms with Crippen molar-refractivity contribution in [3.63, 3.8) is 0 Å². The molecule has 0 saturated heterocycles. The molecule has 1 aromatic rings. The summed E-state index contributed by atoms with van der Waals surface area (Å²) in [5, 5.41) is 0. The Morgan fingerprint density at radius 1 is 0.867 bits per heavy atom. The summed E-state index contributed by atoms with van der Waals surface area (Å²) in [6.07, 6.45) is 2.47. The molecule has 0 unspecified atom stereocenters. The molecule has 6 nitrogen and oxygen atoms in total. The average Bonchev–Trinajstić information content (AvgIpc) is 2.70. The lowest BCUT2D eigenvalue weighted by Crippen LogP contribution is -2.26. The Bertz CT molecular complexity index is 731. The lowest BCUT2D eigenvalue weighted by Gasteiger charge is -2.22. The van der Waals surface area contributed by atoms with E-state index in [9.17, 15) is 19.2 Å². The van der Waals surface area contributed by atoms with Crippen LogP contribution in [0.1, 0.15) is 64.5 Å². The minimum absolute atomic E-state index is 0.0654. The van der Waals surface area contributed by atoms with Crippen molar-refractivity contribution in [2.45, 2.75) is 66.2 Å². The summed E-state index contributed by atoms with van der Waals surface area (Å²) in [6, 6.07) is 7.49. The van der Waals surface area contributed by atoms with Crippen molar-refractivity contribution >= 4 is 24.0 Å². The lowest BCUT2D eigenvalue weighted by molar-refractivity contribution is -0.151. The second-order valence-corrected chi connectivity index (χ2v) is 9.19. The third kappa shape index (κ3) is 9.33. The Balaban J connectivity index is 2.47. The Hall–Kier alpha value is -2.50. The number of rotatable bonds is 14. The molecule has 0 N–H and O–H groups in total. The van der Waals surface area contributed by atoms with E-state index in [1.807, 2.05) is 38.1 Å². The van der Waals surface area contributed by atoms with Crippen molar-refractivity contribution in [1.82, 2.24) is 0 Å². The molecule has 166 valence electrons. The molecule has 0 aliphatic rings. The SMILES string of the molecule is COC(=O)C(C)(C)CCC(=O)Cc1ccc(CC(=O)CCC(C)(C)COC=O)cc1. The smallest absolute Gasteiger partial charge is 0.311 e. The summed E-state index contributed by atoms with van der Waals surface area (Å²) < 4.78 is 9.57. The van der Waals surface area contributed by atoms with E-state index in [1.165, 1.54) is 7.11 Å². The number of hydrogen-bond acceptors (Lipinski definition) is 6. The van der Waals surface area contributed by atoms with Crippen LogP contribution in [0.15, 0.2) is 24.3 Å². The summed E-state index contributed by atoms with van der Waals surface area (Å²) in [5.74, 6) is -0.123. The van der Waals surface area contributed by atoms with Gasteiger partial charge in [-0.05, 0) is 43.2 Å². The van der Waals surface area contributed by atoms with E-state index in [0.717, 1.165) is 11.1 Å². The van der Waals surface area contributed by atoms with E-state index in [-0.39, 0.29) is 23.0 Å². The van der Waals surface area contributed by atoms with Gasteiger partial charge in [-0.15, -0.1) is 0 Å². The first-order valence-electron chi connectivity index (χ1n) is 10.2. The molecule has 0 bridgehead atoms. The molecule has 0 heterocycles. The van der Waals surface area contributed by atoms with Gasteiger partial charge in [-0.25, -0.2) is 0 Å². The zero-order valence-electron chi connectivity index (χ0n) is 18.8. The number of ketones is 2. The molecule has 0 atom stereocenters. The molecule has 30 heavy (non-hydrogen) atoms. The monoisotopic (exact) mass is 418 g/mol. The molecule has 0 aliphatic heterocycles. The Kier molecular flexibility index (Phi) is 9.90. The van der Waals surface area contributed by atoms with Gasteiger partial charge in [0.1, 0.15) is 11.6 Å². The molecular formula is C24H34O6. The van der Waals surface area contributed by atoms with Crippen LogP contribution >= 0.6 is 0 Å². The third-order valence-electron chi connectivity index (χ3n) is 5.22. The molecule has 1 aromatic carbocycles. The van der Waals surface area contributed by atoms with Crippen LogP contribution in [-0.2, 0) is 41.5 Å². The van der Waals surface area contributed by atoms with Crippen LogP contribution in [0.25, 0.3) is 0 Å². The first-order valence-corrected chi connectivity index (χ1v) is 10.2. The van der Waals surface area contributed by atoms with Gasteiger partial charge < -0.3 is 9.47 Å². The Morgan fingerprint density at radius 2 is 1.33 bits per heavy atom. The third-order valence-corrected chi connectivity index (χ3v) is 5.22. The maximum atomic E-state index is 12.3. The number of methoxy groups -OCH3 is 1. The molecular weight excluding hydrogens is 384 g/mol. The van der Waals surface area contributed by atoms with Crippen LogP contribution in [0.4, 0.5) is 0 Å². The van der Waals surface area contributed by atoms with Gasteiger partial charge in [0.2, 0.25) is 0 Å². The van der Waals surface area contributed by atoms with Gasteiger partial charge in [0.25, 0.3) is 6.47 Å². The van der Waals surface area contributed by atoms with E-state index in [4.69, 9.17) is 9.47 Å². The molecule has 0 saturated carbocycles. The van der Waals surface area contributed by atoms with Gasteiger partial charge in [-0.2, -0.15) is 0 Å². The molecule has 0 aromatic heterocycles. The van der Waals surface area contributed by atoms with Crippen LogP contribution in [0, 0.1) is 10.8 Å². The molecule has 0 amide bonds. The Labute approximate surface area is 179 Å². The number of carbonyl (C=O) groups excluding carboxylic acids is 4. The molecule has 1 rings (SSSR count). The summed E-state index contributed by atoms with van der Waals surface area (Å²) in [6.45, 7) is 8.19. The van der Waals surface area contributed by atoms with Gasteiger partial charge in [0, 0.05) is 25.7 Å². The molecule has 0 radical (unpaired) electrons. The van der Waals surface area contributed by atoms with Gasteiger partial charge in [-0.1, -0.05) is 38.1 Å². The van der Waals surface area contributed by atoms with Crippen LogP contribution in [0.3, 0.4) is 0 Å².